The van der Waals surface area contributed by atoms with Gasteiger partial charge in [0, 0.05) is 12.0 Å². The summed E-state index contributed by atoms with van der Waals surface area (Å²) in [5.41, 5.74) is 1.10. The summed E-state index contributed by atoms with van der Waals surface area (Å²) in [6.45, 7) is 6.14. The molecule has 2 rings (SSSR count). The molecule has 3 heteroatoms. The fraction of sp³-hybridized carbons (Fsp3) is 0.533. The van der Waals surface area contributed by atoms with Crippen molar-refractivity contribution in [1.29, 1.82) is 0 Å². The van der Waals surface area contributed by atoms with Gasteiger partial charge >= 0.3 is 0 Å². The third-order valence-electron chi connectivity index (χ3n) is 3.21. The van der Waals surface area contributed by atoms with E-state index in [1.54, 1.807) is 0 Å². The molecule has 3 nitrogen and oxygen atoms in total. The second kappa shape index (κ2) is 5.01. The van der Waals surface area contributed by atoms with Crippen LogP contribution in [0.1, 0.15) is 39.2 Å². The molecule has 0 saturated carbocycles. The van der Waals surface area contributed by atoms with Gasteiger partial charge < -0.3 is 10.1 Å². The highest BCUT2D eigenvalue weighted by molar-refractivity contribution is 5.79. The number of benzene rings is 1. The fourth-order valence-electron chi connectivity index (χ4n) is 2.44. The van der Waals surface area contributed by atoms with Crippen molar-refractivity contribution < 1.29 is 9.53 Å². The summed E-state index contributed by atoms with van der Waals surface area (Å²) in [5, 5.41) is 3.06. The van der Waals surface area contributed by atoms with Crippen LogP contribution in [0.25, 0.3) is 0 Å². The molecular formula is C15H21NO2. The van der Waals surface area contributed by atoms with Gasteiger partial charge in [-0.25, -0.2) is 0 Å². The number of amides is 1. The van der Waals surface area contributed by atoms with Crippen molar-refractivity contribution in [3.63, 3.8) is 0 Å². The average Bonchev–Trinajstić information content (AvgIpc) is 2.57. The monoisotopic (exact) mass is 247 g/mol. The third kappa shape index (κ3) is 3.25. The van der Waals surface area contributed by atoms with Gasteiger partial charge in [0.25, 0.3) is 0 Å². The Morgan fingerprint density at radius 1 is 1.44 bits per heavy atom. The van der Waals surface area contributed by atoms with E-state index in [-0.39, 0.29) is 17.6 Å². The summed E-state index contributed by atoms with van der Waals surface area (Å²) >= 11 is 0. The van der Waals surface area contributed by atoms with Crippen molar-refractivity contribution >= 4 is 5.91 Å². The smallest absolute Gasteiger partial charge is 0.220 e. The molecule has 1 saturated heterocycles. The summed E-state index contributed by atoms with van der Waals surface area (Å²) in [7, 11) is 0. The second-order valence-corrected chi connectivity index (χ2v) is 5.60. The molecule has 1 aliphatic heterocycles. The lowest BCUT2D eigenvalue weighted by Gasteiger charge is -2.24. The van der Waals surface area contributed by atoms with Crippen molar-refractivity contribution in [2.75, 3.05) is 0 Å². The molecule has 1 heterocycles. The Morgan fingerprint density at radius 2 is 2.22 bits per heavy atom. The largest absolute Gasteiger partial charge is 0.491 e. The number of carbonyl (C=O) groups is 1. The summed E-state index contributed by atoms with van der Waals surface area (Å²) in [6, 6.07) is 8.13. The van der Waals surface area contributed by atoms with Crippen molar-refractivity contribution in [1.82, 2.24) is 5.32 Å². The van der Waals surface area contributed by atoms with Crippen LogP contribution >= 0.6 is 0 Å². The highest BCUT2D eigenvalue weighted by Crippen LogP contribution is 2.25. The van der Waals surface area contributed by atoms with Gasteiger partial charge in [-0.1, -0.05) is 12.1 Å². The molecule has 1 aromatic carbocycles. The van der Waals surface area contributed by atoms with Crippen molar-refractivity contribution in [3.8, 4) is 5.75 Å². The molecule has 1 amide bonds. The topological polar surface area (TPSA) is 38.3 Å². The maximum absolute atomic E-state index is 11.3. The fourth-order valence-corrected chi connectivity index (χ4v) is 2.44. The Hall–Kier alpha value is -1.51. The SMILES string of the molecule is CC(C)Oc1cccc(CC2(C)CCC(=O)N2)c1. The van der Waals surface area contributed by atoms with Crippen LogP contribution in [0.3, 0.4) is 0 Å². The molecule has 0 radical (unpaired) electrons. The van der Waals surface area contributed by atoms with Crippen LogP contribution in [-0.2, 0) is 11.2 Å². The maximum atomic E-state index is 11.3. The van der Waals surface area contributed by atoms with Crippen molar-refractivity contribution in [2.24, 2.45) is 0 Å². The normalized spacial score (nSPS) is 23.2. The zero-order valence-corrected chi connectivity index (χ0v) is 11.3. The lowest BCUT2D eigenvalue weighted by molar-refractivity contribution is -0.119. The van der Waals surface area contributed by atoms with Gasteiger partial charge in [-0.05, 0) is 51.3 Å². The van der Waals surface area contributed by atoms with Gasteiger partial charge in [0.15, 0.2) is 0 Å². The number of nitrogens with one attached hydrogen (secondary N) is 1. The summed E-state index contributed by atoms with van der Waals surface area (Å²) in [5.74, 6) is 1.06. The number of ether oxygens (including phenoxy) is 1. The van der Waals surface area contributed by atoms with Gasteiger partial charge in [0.05, 0.1) is 6.10 Å². The Morgan fingerprint density at radius 3 is 2.83 bits per heavy atom. The van der Waals surface area contributed by atoms with Crippen LogP contribution < -0.4 is 10.1 Å². The standard InChI is InChI=1S/C15H21NO2/c1-11(2)18-13-6-4-5-12(9-13)10-15(3)8-7-14(17)16-15/h4-6,9,11H,7-8,10H2,1-3H3,(H,16,17). The molecule has 0 aromatic heterocycles. The molecule has 0 spiro atoms. The van der Waals surface area contributed by atoms with Gasteiger partial charge in [-0.3, -0.25) is 4.79 Å². The molecule has 18 heavy (non-hydrogen) atoms. The molecular weight excluding hydrogens is 226 g/mol. The number of hydrogen-bond donors (Lipinski definition) is 1. The zero-order valence-electron chi connectivity index (χ0n) is 11.3. The average molecular weight is 247 g/mol. The van der Waals surface area contributed by atoms with Crippen LogP contribution in [-0.4, -0.2) is 17.6 Å². The first-order chi connectivity index (χ1) is 8.47. The predicted octanol–water partition coefficient (Wildman–Crippen LogP) is 2.69. The third-order valence-corrected chi connectivity index (χ3v) is 3.21. The predicted molar refractivity (Wildman–Crippen MR) is 71.7 cm³/mol. The van der Waals surface area contributed by atoms with Crippen molar-refractivity contribution in [3.05, 3.63) is 29.8 Å². The molecule has 1 aliphatic rings. The van der Waals surface area contributed by atoms with E-state index in [4.69, 9.17) is 4.74 Å². The highest BCUT2D eigenvalue weighted by Gasteiger charge is 2.32. The lowest BCUT2D eigenvalue weighted by Crippen LogP contribution is -2.40. The molecule has 98 valence electrons. The highest BCUT2D eigenvalue weighted by atomic mass is 16.5. The van der Waals surface area contributed by atoms with E-state index in [1.165, 1.54) is 5.56 Å². The van der Waals surface area contributed by atoms with E-state index in [0.29, 0.717) is 6.42 Å². The zero-order chi connectivity index (χ0) is 13.2. The van der Waals surface area contributed by atoms with Crippen LogP contribution in [0.4, 0.5) is 0 Å². The molecule has 0 aliphatic carbocycles. The Bertz CT molecular complexity index is 442. The van der Waals surface area contributed by atoms with Gasteiger partial charge in [0.2, 0.25) is 5.91 Å². The minimum atomic E-state index is -0.104. The van der Waals surface area contributed by atoms with Gasteiger partial charge in [0.1, 0.15) is 5.75 Å². The number of carbonyl (C=O) groups excluding carboxylic acids is 1. The van der Waals surface area contributed by atoms with Crippen LogP contribution in [0.15, 0.2) is 24.3 Å². The first-order valence-corrected chi connectivity index (χ1v) is 6.53. The minimum absolute atomic E-state index is 0.104. The van der Waals surface area contributed by atoms with E-state index in [9.17, 15) is 4.79 Å². The van der Waals surface area contributed by atoms with E-state index in [1.807, 2.05) is 26.0 Å². The second-order valence-electron chi connectivity index (χ2n) is 5.60. The molecule has 1 N–H and O–H groups in total. The molecule has 1 aromatic rings. The number of hydrogen-bond acceptors (Lipinski definition) is 2. The van der Waals surface area contributed by atoms with E-state index >= 15 is 0 Å². The molecule has 1 atom stereocenters. The maximum Gasteiger partial charge on any atom is 0.220 e. The van der Waals surface area contributed by atoms with Crippen LogP contribution in [0.5, 0.6) is 5.75 Å². The Kier molecular flexibility index (Phi) is 3.60. The first-order valence-electron chi connectivity index (χ1n) is 6.53. The summed E-state index contributed by atoms with van der Waals surface area (Å²) in [4.78, 5) is 11.3. The van der Waals surface area contributed by atoms with Gasteiger partial charge in [-0.15, -0.1) is 0 Å². The van der Waals surface area contributed by atoms with Crippen LogP contribution in [0.2, 0.25) is 0 Å². The summed E-state index contributed by atoms with van der Waals surface area (Å²) in [6.07, 6.45) is 2.58. The number of rotatable bonds is 4. The molecule has 0 bridgehead atoms. The van der Waals surface area contributed by atoms with E-state index in [0.717, 1.165) is 18.6 Å². The summed E-state index contributed by atoms with van der Waals surface area (Å²) < 4.78 is 5.69. The Balaban J connectivity index is 2.07. The van der Waals surface area contributed by atoms with Gasteiger partial charge in [-0.2, -0.15) is 0 Å². The Labute approximate surface area is 109 Å². The quantitative estimate of drug-likeness (QED) is 0.888. The molecule has 1 fully saturated rings. The first kappa shape index (κ1) is 12.9. The minimum Gasteiger partial charge on any atom is -0.491 e. The molecule has 1 unspecified atom stereocenters. The lowest BCUT2D eigenvalue weighted by atomic mass is 9.91. The van der Waals surface area contributed by atoms with Crippen LogP contribution in [0, 0.1) is 0 Å². The van der Waals surface area contributed by atoms with E-state index < -0.39 is 0 Å². The van der Waals surface area contributed by atoms with E-state index in [2.05, 4.69) is 24.4 Å². The van der Waals surface area contributed by atoms with Crippen molar-refractivity contribution in [2.45, 2.75) is 51.7 Å².